The zero-order valence-corrected chi connectivity index (χ0v) is 18.4. The lowest BCUT2D eigenvalue weighted by Gasteiger charge is -2.18. The van der Waals surface area contributed by atoms with Gasteiger partial charge in [0, 0.05) is 38.4 Å². The van der Waals surface area contributed by atoms with Crippen LogP contribution < -0.4 is 15.5 Å². The molecule has 3 rings (SSSR count). The molecule has 1 heterocycles. The van der Waals surface area contributed by atoms with Gasteiger partial charge in [-0.1, -0.05) is 48.5 Å². The number of para-hydroxylation sites is 1. The molecule has 5 heteroatoms. The molecule has 0 aromatic heterocycles. The maximum absolute atomic E-state index is 4.82. The normalized spacial score (nSPS) is 16.7. The van der Waals surface area contributed by atoms with Gasteiger partial charge in [0.25, 0.3) is 0 Å². The molecule has 0 radical (unpaired) electrons. The van der Waals surface area contributed by atoms with Crippen molar-refractivity contribution in [3.05, 3.63) is 66.2 Å². The van der Waals surface area contributed by atoms with E-state index in [0.717, 1.165) is 45.1 Å². The molecule has 27 heavy (non-hydrogen) atoms. The number of benzene rings is 2. The fraction of sp³-hybridized carbons (Fsp3) is 0.409. The lowest BCUT2D eigenvalue weighted by molar-refractivity contribution is 0.599. The average Bonchev–Trinajstić information content (AvgIpc) is 3.17. The van der Waals surface area contributed by atoms with Gasteiger partial charge in [0.1, 0.15) is 0 Å². The zero-order chi connectivity index (χ0) is 18.0. The lowest BCUT2D eigenvalue weighted by Crippen LogP contribution is -2.38. The zero-order valence-electron chi connectivity index (χ0n) is 16.1. The van der Waals surface area contributed by atoms with E-state index in [9.17, 15) is 0 Å². The maximum Gasteiger partial charge on any atom is 0.191 e. The highest BCUT2D eigenvalue weighted by molar-refractivity contribution is 14.0. The highest BCUT2D eigenvalue weighted by atomic mass is 127. The summed E-state index contributed by atoms with van der Waals surface area (Å²) in [6.07, 6.45) is 2.22. The molecule has 1 aliphatic heterocycles. The number of rotatable bonds is 7. The van der Waals surface area contributed by atoms with Gasteiger partial charge in [-0.2, -0.15) is 0 Å². The largest absolute Gasteiger partial charge is 0.371 e. The molecule has 0 bridgehead atoms. The Bertz CT molecular complexity index is 675. The lowest BCUT2D eigenvalue weighted by atomic mass is 10.1. The maximum atomic E-state index is 4.82. The van der Waals surface area contributed by atoms with Gasteiger partial charge in [-0.25, -0.2) is 0 Å². The summed E-state index contributed by atoms with van der Waals surface area (Å²) in [6.45, 7) is 7.00. The van der Waals surface area contributed by atoms with E-state index < -0.39 is 0 Å². The summed E-state index contributed by atoms with van der Waals surface area (Å²) in [5.41, 5.74) is 2.68. The molecular formula is C22H31IN4. The molecule has 1 fully saturated rings. The first kappa shape index (κ1) is 21.5. The van der Waals surface area contributed by atoms with Crippen molar-refractivity contribution < 1.29 is 0 Å². The number of aliphatic imine (C=N–C) groups is 1. The molecule has 1 unspecified atom stereocenters. The van der Waals surface area contributed by atoms with Gasteiger partial charge >= 0.3 is 0 Å². The number of anilines is 1. The van der Waals surface area contributed by atoms with E-state index in [4.69, 9.17) is 4.99 Å². The molecule has 2 aromatic carbocycles. The molecule has 0 amide bonds. The summed E-state index contributed by atoms with van der Waals surface area (Å²) in [7, 11) is 0. The first-order valence-corrected chi connectivity index (χ1v) is 9.71. The molecule has 2 aromatic rings. The molecule has 1 saturated heterocycles. The smallest absolute Gasteiger partial charge is 0.191 e. The number of halogens is 1. The van der Waals surface area contributed by atoms with Crippen LogP contribution in [0.15, 0.2) is 65.7 Å². The Morgan fingerprint density at radius 1 is 1.04 bits per heavy atom. The van der Waals surface area contributed by atoms with Gasteiger partial charge in [-0.05, 0) is 43.4 Å². The van der Waals surface area contributed by atoms with E-state index in [0.29, 0.717) is 5.92 Å². The highest BCUT2D eigenvalue weighted by Crippen LogP contribution is 2.23. The summed E-state index contributed by atoms with van der Waals surface area (Å²) in [5.74, 6) is 1.56. The third-order valence-corrected chi connectivity index (χ3v) is 4.81. The van der Waals surface area contributed by atoms with Crippen LogP contribution in [0.1, 0.15) is 18.9 Å². The molecule has 1 atom stereocenters. The second-order valence-corrected chi connectivity index (χ2v) is 6.82. The Balaban J connectivity index is 0.00000261. The van der Waals surface area contributed by atoms with Gasteiger partial charge < -0.3 is 15.5 Å². The minimum Gasteiger partial charge on any atom is -0.371 e. The summed E-state index contributed by atoms with van der Waals surface area (Å²) in [5, 5.41) is 6.82. The van der Waals surface area contributed by atoms with Gasteiger partial charge in [-0.3, -0.25) is 4.99 Å². The van der Waals surface area contributed by atoms with E-state index in [1.54, 1.807) is 0 Å². The number of nitrogens with zero attached hydrogens (tertiary/aromatic N) is 2. The van der Waals surface area contributed by atoms with Crippen LogP contribution in [0.2, 0.25) is 0 Å². The molecule has 0 saturated carbocycles. The van der Waals surface area contributed by atoms with Crippen molar-refractivity contribution in [1.29, 1.82) is 0 Å². The van der Waals surface area contributed by atoms with Crippen LogP contribution in [0.5, 0.6) is 0 Å². The monoisotopic (exact) mass is 478 g/mol. The van der Waals surface area contributed by atoms with Crippen LogP contribution in [0.4, 0.5) is 5.69 Å². The second kappa shape index (κ2) is 11.8. The quantitative estimate of drug-likeness (QED) is 0.360. The average molecular weight is 478 g/mol. The van der Waals surface area contributed by atoms with Crippen molar-refractivity contribution in [1.82, 2.24) is 10.6 Å². The standard InChI is InChI=1S/C22H30N4.HI/c1-2-23-22(24-15-13-19-9-5-3-6-10-19)25-17-20-14-16-26(18-20)21-11-7-4-8-12-21;/h3-12,20H,2,13-18H2,1H3,(H2,23,24,25);1H. The summed E-state index contributed by atoms with van der Waals surface area (Å²) >= 11 is 0. The first-order valence-electron chi connectivity index (χ1n) is 9.71. The molecule has 0 spiro atoms. The van der Waals surface area contributed by atoms with Crippen molar-refractivity contribution in [3.63, 3.8) is 0 Å². The van der Waals surface area contributed by atoms with Crippen molar-refractivity contribution in [3.8, 4) is 0 Å². The Kier molecular flexibility index (Phi) is 9.45. The summed E-state index contributed by atoms with van der Waals surface area (Å²) in [4.78, 5) is 7.29. The Morgan fingerprint density at radius 2 is 1.74 bits per heavy atom. The molecular weight excluding hydrogens is 447 g/mol. The number of nitrogens with one attached hydrogen (secondary N) is 2. The van der Waals surface area contributed by atoms with Gasteiger partial charge in [-0.15, -0.1) is 24.0 Å². The molecule has 4 nitrogen and oxygen atoms in total. The fourth-order valence-electron chi connectivity index (χ4n) is 3.39. The minimum absolute atomic E-state index is 0. The van der Waals surface area contributed by atoms with Crippen molar-refractivity contribution in [2.75, 3.05) is 37.6 Å². The highest BCUT2D eigenvalue weighted by Gasteiger charge is 2.22. The summed E-state index contributed by atoms with van der Waals surface area (Å²) < 4.78 is 0. The molecule has 2 N–H and O–H groups in total. The van der Waals surface area contributed by atoms with Crippen LogP contribution in [0, 0.1) is 5.92 Å². The van der Waals surface area contributed by atoms with Gasteiger partial charge in [0.15, 0.2) is 5.96 Å². The minimum atomic E-state index is 0. The van der Waals surface area contributed by atoms with Crippen LogP contribution in [0.25, 0.3) is 0 Å². The SMILES string of the molecule is CCNC(=NCC1CCN(c2ccccc2)C1)NCCc1ccccc1.I. The Hall–Kier alpha value is -1.76. The number of guanidine groups is 1. The van der Waals surface area contributed by atoms with Crippen molar-refractivity contribution in [2.24, 2.45) is 10.9 Å². The third kappa shape index (κ3) is 7.05. The molecule has 1 aliphatic rings. The predicted octanol–water partition coefficient (Wildman–Crippen LogP) is 3.93. The Labute approximate surface area is 180 Å². The van der Waals surface area contributed by atoms with Crippen molar-refractivity contribution >= 4 is 35.6 Å². The number of hydrogen-bond donors (Lipinski definition) is 2. The van der Waals surface area contributed by atoms with E-state index >= 15 is 0 Å². The summed E-state index contributed by atoms with van der Waals surface area (Å²) in [6, 6.07) is 21.3. The predicted molar refractivity (Wildman–Crippen MR) is 126 cm³/mol. The van der Waals surface area contributed by atoms with Crippen molar-refractivity contribution in [2.45, 2.75) is 19.8 Å². The Morgan fingerprint density at radius 3 is 2.44 bits per heavy atom. The second-order valence-electron chi connectivity index (χ2n) is 6.82. The number of hydrogen-bond acceptors (Lipinski definition) is 2. The first-order chi connectivity index (χ1) is 12.8. The molecule has 0 aliphatic carbocycles. The van der Waals surface area contributed by atoms with Crippen LogP contribution >= 0.6 is 24.0 Å². The van der Waals surface area contributed by atoms with Gasteiger partial charge in [0.2, 0.25) is 0 Å². The fourth-order valence-corrected chi connectivity index (χ4v) is 3.39. The van der Waals surface area contributed by atoms with Gasteiger partial charge in [0.05, 0.1) is 0 Å². The molecule has 146 valence electrons. The van der Waals surface area contributed by atoms with E-state index in [1.165, 1.54) is 17.7 Å². The van der Waals surface area contributed by atoms with E-state index in [1.807, 2.05) is 0 Å². The third-order valence-electron chi connectivity index (χ3n) is 4.81. The van der Waals surface area contributed by atoms with E-state index in [-0.39, 0.29) is 24.0 Å². The van der Waals surface area contributed by atoms with Crippen LogP contribution in [-0.2, 0) is 6.42 Å². The topological polar surface area (TPSA) is 39.7 Å². The van der Waals surface area contributed by atoms with Crippen LogP contribution in [0.3, 0.4) is 0 Å². The van der Waals surface area contributed by atoms with E-state index in [2.05, 4.69) is 83.1 Å². The van der Waals surface area contributed by atoms with Crippen LogP contribution in [-0.4, -0.2) is 38.7 Å².